The van der Waals surface area contributed by atoms with E-state index >= 15 is 0 Å². The van der Waals surface area contributed by atoms with Gasteiger partial charge in [-0.25, -0.2) is 4.85 Å². The van der Waals surface area contributed by atoms with Crippen molar-refractivity contribution in [3.63, 3.8) is 0 Å². The van der Waals surface area contributed by atoms with Gasteiger partial charge in [0, 0.05) is 36.2 Å². The molecular weight excluding hydrogens is 356 g/mol. The maximum atomic E-state index is 9.18. The lowest BCUT2D eigenvalue weighted by molar-refractivity contribution is -0.667. The van der Waals surface area contributed by atoms with Gasteiger partial charge in [0.1, 0.15) is 18.2 Å². The van der Waals surface area contributed by atoms with Gasteiger partial charge >= 0.3 is 0 Å². The number of para-hydroxylation sites is 1. The number of aromatic nitrogens is 1. The predicted octanol–water partition coefficient (Wildman–Crippen LogP) is 6.75. The van der Waals surface area contributed by atoms with E-state index in [1.165, 1.54) is 0 Å². The first-order valence-corrected chi connectivity index (χ1v) is 9.60. The molecule has 0 aliphatic heterocycles. The zero-order chi connectivity index (χ0) is 26.0. The highest BCUT2D eigenvalue weighted by Gasteiger charge is 2.25. The molecule has 2 heterocycles. The van der Waals surface area contributed by atoms with Crippen LogP contribution in [0.3, 0.4) is 0 Å². The van der Waals surface area contributed by atoms with Gasteiger partial charge in [-0.05, 0) is 37.2 Å². The summed E-state index contributed by atoms with van der Waals surface area (Å²) >= 11 is 0. The molecule has 2 aromatic carbocycles. The second kappa shape index (κ2) is 7.04. The van der Waals surface area contributed by atoms with Crippen molar-refractivity contribution in [1.29, 1.82) is 0 Å². The first-order valence-electron chi connectivity index (χ1n) is 12.6. The summed E-state index contributed by atoms with van der Waals surface area (Å²) in [5.74, 6) is -0.558. The lowest BCUT2D eigenvalue weighted by Gasteiger charge is -2.14. The predicted molar refractivity (Wildman–Crippen MR) is 119 cm³/mol. The van der Waals surface area contributed by atoms with E-state index in [1.54, 1.807) is 44.5 Å². The van der Waals surface area contributed by atoms with Gasteiger partial charge in [-0.3, -0.25) is 0 Å². The summed E-state index contributed by atoms with van der Waals surface area (Å²) in [6.45, 7) is 11.8. The van der Waals surface area contributed by atoms with Crippen LogP contribution in [-0.2, 0) is 13.4 Å². The minimum atomic E-state index is -2.60. The second-order valence-corrected chi connectivity index (χ2v) is 7.67. The molecule has 3 nitrogen and oxygen atoms in total. The highest BCUT2D eigenvalue weighted by Crippen LogP contribution is 2.40. The van der Waals surface area contributed by atoms with Crippen LogP contribution in [0, 0.1) is 33.2 Å². The zero-order valence-corrected chi connectivity index (χ0v) is 17.3. The Bertz CT molecular complexity index is 1540. The van der Waals surface area contributed by atoms with Crippen molar-refractivity contribution in [2.45, 2.75) is 40.9 Å². The topological polar surface area (TPSA) is 21.4 Å². The number of benzene rings is 2. The van der Waals surface area contributed by atoms with Crippen molar-refractivity contribution in [1.82, 2.24) is 0 Å². The van der Waals surface area contributed by atoms with Gasteiger partial charge in [0.15, 0.2) is 5.69 Å². The summed E-state index contributed by atoms with van der Waals surface area (Å²) < 4.78 is 59.1. The van der Waals surface area contributed by atoms with Crippen LogP contribution < -0.4 is 4.57 Å². The molecule has 146 valence electrons. The number of hydrogen-bond donors (Lipinski definition) is 0. The number of nitrogens with zero attached hydrogens (tertiary/aromatic N) is 2. The maximum Gasteiger partial charge on any atom is 0.229 e. The van der Waals surface area contributed by atoms with Crippen molar-refractivity contribution in [3.8, 4) is 11.3 Å². The van der Waals surface area contributed by atoms with Gasteiger partial charge in [0.05, 0.1) is 13.5 Å². The maximum absolute atomic E-state index is 9.18. The third kappa shape index (κ3) is 3.00. The van der Waals surface area contributed by atoms with Crippen LogP contribution in [-0.4, -0.2) is 0 Å². The quantitative estimate of drug-likeness (QED) is 0.280. The summed E-state index contributed by atoms with van der Waals surface area (Å²) in [5.41, 5.74) is 3.19. The third-order valence-electron chi connectivity index (χ3n) is 5.34. The molecule has 4 aromatic rings. The molecule has 0 amide bonds. The van der Waals surface area contributed by atoms with Gasteiger partial charge in [-0.15, -0.1) is 0 Å². The van der Waals surface area contributed by atoms with Crippen molar-refractivity contribution < 1.29 is 17.2 Å². The zero-order valence-electron chi connectivity index (χ0n) is 23.3. The first kappa shape index (κ1) is 13.2. The molecule has 0 saturated heterocycles. The molecule has 0 saturated carbocycles. The molecule has 0 radical (unpaired) electrons. The molecule has 4 rings (SSSR count). The fraction of sp³-hybridized carbons (Fsp3) is 0.308. The Kier molecular flexibility index (Phi) is 3.20. The van der Waals surface area contributed by atoms with Crippen LogP contribution in [0.25, 0.3) is 38.0 Å². The average Bonchev–Trinajstić information content (AvgIpc) is 3.15. The Morgan fingerprint density at radius 1 is 1.21 bits per heavy atom. The summed E-state index contributed by atoms with van der Waals surface area (Å²) in [5, 5.41) is 1.55. The van der Waals surface area contributed by atoms with E-state index in [0.29, 0.717) is 33.8 Å². The fourth-order valence-corrected chi connectivity index (χ4v) is 3.74. The SMILES string of the molecule is [2H]c1c(C([2H])([2H])C(C)C)c(C([2H])([2H])[2H])c(C)[n+](C)c1-c1c(C)ccc2c1oc1c([N+]#[C-])cccc12. The second-order valence-electron chi connectivity index (χ2n) is 7.67. The number of fused-ring (bicyclic) bond motifs is 3. The van der Waals surface area contributed by atoms with Crippen LogP contribution in [0.15, 0.2) is 40.8 Å². The van der Waals surface area contributed by atoms with Crippen LogP contribution in [0.2, 0.25) is 0 Å². The smallest absolute Gasteiger partial charge is 0.229 e. The van der Waals surface area contributed by atoms with Crippen molar-refractivity contribution >= 4 is 27.6 Å². The molecule has 0 atom stereocenters. The molecule has 2 aromatic heterocycles. The molecule has 0 N–H and O–H groups in total. The van der Waals surface area contributed by atoms with Crippen LogP contribution in [0.5, 0.6) is 0 Å². The van der Waals surface area contributed by atoms with Gasteiger partial charge in [-0.2, -0.15) is 4.57 Å². The normalized spacial score (nSPS) is 15.5. The van der Waals surface area contributed by atoms with Gasteiger partial charge in [-0.1, -0.05) is 44.2 Å². The average molecular weight is 390 g/mol. The number of aryl methyl sites for hydroxylation is 1. The largest absolute Gasteiger partial charge is 0.466 e. The Morgan fingerprint density at radius 2 is 1.97 bits per heavy atom. The molecular formula is C26H27N2O+. The standard InChI is InChI=1S/C26H27N2O/c1-15(2)13-19-14-23(28(7)18(5)17(19)4)24-16(3)11-12-21-20-9-8-10-22(27-6)25(20)29-26(21)24/h8-12,14-15H,13H2,1-5,7H3/q+1/i4D3,13D2,14D. The minimum absolute atomic E-state index is 0.118. The molecule has 0 fully saturated rings. The Morgan fingerprint density at radius 3 is 2.66 bits per heavy atom. The van der Waals surface area contributed by atoms with E-state index in [2.05, 4.69) is 4.85 Å². The van der Waals surface area contributed by atoms with Gasteiger partial charge < -0.3 is 4.42 Å². The lowest BCUT2D eigenvalue weighted by atomic mass is 9.93. The van der Waals surface area contributed by atoms with E-state index in [1.807, 2.05) is 25.1 Å². The minimum Gasteiger partial charge on any atom is -0.466 e. The number of pyridine rings is 1. The molecule has 0 aliphatic carbocycles. The van der Waals surface area contributed by atoms with Gasteiger partial charge in [0.25, 0.3) is 0 Å². The molecule has 0 bridgehead atoms. The highest BCUT2D eigenvalue weighted by atomic mass is 16.3. The van der Waals surface area contributed by atoms with Crippen LogP contribution in [0.1, 0.15) is 44.5 Å². The number of furan rings is 1. The Labute approximate surface area is 180 Å². The van der Waals surface area contributed by atoms with E-state index in [4.69, 9.17) is 17.8 Å². The molecule has 0 spiro atoms. The van der Waals surface area contributed by atoms with E-state index in [0.717, 1.165) is 16.3 Å². The van der Waals surface area contributed by atoms with E-state index < -0.39 is 19.1 Å². The Hall–Kier alpha value is -3.12. The summed E-state index contributed by atoms with van der Waals surface area (Å²) in [7, 11) is 1.69. The van der Waals surface area contributed by atoms with E-state index in [-0.39, 0.29) is 17.2 Å². The number of hydrogen-bond acceptors (Lipinski definition) is 1. The highest BCUT2D eigenvalue weighted by molar-refractivity contribution is 6.12. The molecule has 0 aliphatic rings. The molecule has 0 unspecified atom stereocenters. The lowest BCUT2D eigenvalue weighted by Crippen LogP contribution is -2.36. The molecule has 29 heavy (non-hydrogen) atoms. The van der Waals surface area contributed by atoms with Crippen molar-refractivity contribution in [3.05, 3.63) is 70.2 Å². The fourth-order valence-electron chi connectivity index (χ4n) is 3.74. The van der Waals surface area contributed by atoms with Crippen molar-refractivity contribution in [2.75, 3.05) is 0 Å². The Balaban J connectivity index is 2.24. The first-order chi connectivity index (χ1) is 16.2. The number of rotatable bonds is 3. The van der Waals surface area contributed by atoms with E-state index in [9.17, 15) is 1.37 Å². The monoisotopic (exact) mass is 389 g/mol. The summed E-state index contributed by atoms with van der Waals surface area (Å²) in [6.07, 6.45) is -2.05. The third-order valence-corrected chi connectivity index (χ3v) is 5.34. The molecule has 3 heteroatoms. The summed E-state index contributed by atoms with van der Waals surface area (Å²) in [6, 6.07) is 9.00. The van der Waals surface area contributed by atoms with Crippen LogP contribution in [0.4, 0.5) is 5.69 Å². The summed E-state index contributed by atoms with van der Waals surface area (Å²) in [4.78, 5) is 3.57. The van der Waals surface area contributed by atoms with Crippen LogP contribution >= 0.6 is 0 Å². The van der Waals surface area contributed by atoms with Crippen molar-refractivity contribution in [2.24, 2.45) is 13.0 Å². The van der Waals surface area contributed by atoms with Gasteiger partial charge in [0.2, 0.25) is 11.4 Å².